The minimum absolute atomic E-state index is 0.246. The third kappa shape index (κ3) is 28.7. The first-order chi connectivity index (χ1) is 18.8. The van der Waals surface area contributed by atoms with E-state index >= 15 is 0 Å². The van der Waals surface area contributed by atoms with Crippen molar-refractivity contribution in [3.05, 3.63) is 0 Å². The fraction of sp³-hybridized carbons (Fsp3) is 0.969. The van der Waals surface area contributed by atoms with Crippen LogP contribution in [0.2, 0.25) is 0 Å². The molecular formula is C32H65NO5S. The van der Waals surface area contributed by atoms with E-state index in [1.54, 1.807) is 0 Å². The Morgan fingerprint density at radius 2 is 0.923 bits per heavy atom. The molecule has 0 saturated carbocycles. The Morgan fingerprint density at radius 1 is 0.590 bits per heavy atom. The Bertz CT molecular complexity index is 640. The number of nitrogens with one attached hydrogen (secondary N) is 1. The standard InChI is InChI=1S/C32H65NO5S/c1-3-5-7-9-11-13-15-17-19-21-23-25-27-31(34)30(29-39(36,37)38)33-32(35)28-26-24-22-20-18-16-14-12-10-8-6-4-2/h30-31,34H,3-29H2,1-2H3,(H,33,35)(H,36,37,38). The number of aliphatic hydroxyl groups is 1. The van der Waals surface area contributed by atoms with Gasteiger partial charge in [-0.2, -0.15) is 8.42 Å². The summed E-state index contributed by atoms with van der Waals surface area (Å²) in [6.45, 7) is 4.48. The molecule has 6 nitrogen and oxygen atoms in total. The molecule has 0 saturated heterocycles. The maximum Gasteiger partial charge on any atom is 0.266 e. The number of carbonyl (C=O) groups excluding carboxylic acids is 1. The first kappa shape index (κ1) is 38.3. The molecule has 0 rings (SSSR count). The van der Waals surface area contributed by atoms with Crippen molar-refractivity contribution in [2.45, 2.75) is 193 Å². The monoisotopic (exact) mass is 575 g/mol. The summed E-state index contributed by atoms with van der Waals surface area (Å²) >= 11 is 0. The SMILES string of the molecule is CCCCCCCCCCCCCCC(=O)NC(CS(=O)(=O)O)C(O)CCCCCCCCCCCCCC. The van der Waals surface area contributed by atoms with Crippen LogP contribution in [0.1, 0.15) is 181 Å². The molecule has 0 aromatic rings. The second kappa shape index (κ2) is 27.5. The van der Waals surface area contributed by atoms with Gasteiger partial charge in [-0.3, -0.25) is 9.35 Å². The van der Waals surface area contributed by atoms with E-state index in [1.165, 1.54) is 116 Å². The summed E-state index contributed by atoms with van der Waals surface area (Å²) in [5.41, 5.74) is 0. The number of rotatable bonds is 30. The molecule has 0 spiro atoms. The third-order valence-corrected chi connectivity index (χ3v) is 8.59. The summed E-state index contributed by atoms with van der Waals surface area (Å²) in [7, 11) is -4.29. The summed E-state index contributed by atoms with van der Waals surface area (Å²) in [4.78, 5) is 12.4. The molecule has 0 fully saturated rings. The van der Waals surface area contributed by atoms with Gasteiger partial charge in [-0.15, -0.1) is 0 Å². The Balaban J connectivity index is 3.95. The number of carbonyl (C=O) groups is 1. The lowest BCUT2D eigenvalue weighted by molar-refractivity contribution is -0.122. The fourth-order valence-corrected chi connectivity index (χ4v) is 6.04. The van der Waals surface area contributed by atoms with E-state index < -0.39 is 28.0 Å². The van der Waals surface area contributed by atoms with Crippen molar-refractivity contribution in [2.24, 2.45) is 0 Å². The summed E-state index contributed by atoms with van der Waals surface area (Å²) in [6.07, 6.45) is 29.0. The molecule has 0 aliphatic heterocycles. The van der Waals surface area contributed by atoms with E-state index in [0.717, 1.165) is 38.5 Å². The van der Waals surface area contributed by atoms with Crippen molar-refractivity contribution in [1.29, 1.82) is 0 Å². The topological polar surface area (TPSA) is 104 Å². The van der Waals surface area contributed by atoms with Gasteiger partial charge in [0.05, 0.1) is 17.9 Å². The van der Waals surface area contributed by atoms with Gasteiger partial charge in [0, 0.05) is 6.42 Å². The predicted molar refractivity (Wildman–Crippen MR) is 166 cm³/mol. The van der Waals surface area contributed by atoms with Crippen LogP contribution in [0.3, 0.4) is 0 Å². The van der Waals surface area contributed by atoms with E-state index in [2.05, 4.69) is 19.2 Å². The molecule has 2 atom stereocenters. The van der Waals surface area contributed by atoms with Gasteiger partial charge in [0.1, 0.15) is 0 Å². The third-order valence-electron chi connectivity index (χ3n) is 7.81. The van der Waals surface area contributed by atoms with Crippen molar-refractivity contribution >= 4 is 16.0 Å². The van der Waals surface area contributed by atoms with Gasteiger partial charge in [0.2, 0.25) is 5.91 Å². The molecule has 0 aliphatic carbocycles. The lowest BCUT2D eigenvalue weighted by Crippen LogP contribution is -2.47. The van der Waals surface area contributed by atoms with Gasteiger partial charge in [-0.1, -0.05) is 162 Å². The van der Waals surface area contributed by atoms with Crippen molar-refractivity contribution in [3.8, 4) is 0 Å². The number of hydrogen-bond donors (Lipinski definition) is 3. The molecule has 1 amide bonds. The van der Waals surface area contributed by atoms with Crippen LogP contribution in [0.5, 0.6) is 0 Å². The van der Waals surface area contributed by atoms with Gasteiger partial charge in [0.15, 0.2) is 0 Å². The van der Waals surface area contributed by atoms with Crippen LogP contribution in [0.4, 0.5) is 0 Å². The lowest BCUT2D eigenvalue weighted by Gasteiger charge is -2.23. The highest BCUT2D eigenvalue weighted by molar-refractivity contribution is 7.85. The van der Waals surface area contributed by atoms with Crippen molar-refractivity contribution in [2.75, 3.05) is 5.75 Å². The van der Waals surface area contributed by atoms with Crippen LogP contribution >= 0.6 is 0 Å². The number of aliphatic hydroxyl groups excluding tert-OH is 1. The number of hydrogen-bond acceptors (Lipinski definition) is 4. The Kier molecular flexibility index (Phi) is 27.0. The Hall–Kier alpha value is -0.660. The van der Waals surface area contributed by atoms with E-state index in [9.17, 15) is 22.9 Å². The average Bonchev–Trinajstić information content (AvgIpc) is 2.88. The zero-order valence-corrected chi connectivity index (χ0v) is 26.6. The highest BCUT2D eigenvalue weighted by Crippen LogP contribution is 2.15. The molecule has 0 heterocycles. The van der Waals surface area contributed by atoms with Crippen molar-refractivity contribution in [3.63, 3.8) is 0 Å². The van der Waals surface area contributed by atoms with Gasteiger partial charge < -0.3 is 10.4 Å². The highest BCUT2D eigenvalue weighted by Gasteiger charge is 2.26. The first-order valence-electron chi connectivity index (χ1n) is 16.7. The smallest absolute Gasteiger partial charge is 0.266 e. The molecule has 39 heavy (non-hydrogen) atoms. The maximum atomic E-state index is 12.4. The molecule has 0 aromatic heterocycles. The second-order valence-corrected chi connectivity index (χ2v) is 13.3. The normalized spacial score (nSPS) is 13.4. The van der Waals surface area contributed by atoms with Crippen LogP contribution in [-0.2, 0) is 14.9 Å². The molecule has 2 unspecified atom stereocenters. The minimum atomic E-state index is -4.29. The summed E-state index contributed by atoms with van der Waals surface area (Å²) in [5, 5.41) is 13.2. The lowest BCUT2D eigenvalue weighted by atomic mass is 10.0. The van der Waals surface area contributed by atoms with Crippen LogP contribution in [0, 0.1) is 0 Å². The summed E-state index contributed by atoms with van der Waals surface area (Å²) < 4.78 is 32.3. The van der Waals surface area contributed by atoms with E-state index in [0.29, 0.717) is 12.8 Å². The zero-order valence-electron chi connectivity index (χ0n) is 25.8. The van der Waals surface area contributed by atoms with Crippen LogP contribution in [0.25, 0.3) is 0 Å². The Morgan fingerprint density at radius 3 is 1.28 bits per heavy atom. The van der Waals surface area contributed by atoms with E-state index in [4.69, 9.17) is 0 Å². The number of amides is 1. The maximum absolute atomic E-state index is 12.4. The predicted octanol–water partition coefficient (Wildman–Crippen LogP) is 8.90. The average molecular weight is 576 g/mol. The van der Waals surface area contributed by atoms with Crippen LogP contribution < -0.4 is 5.32 Å². The molecule has 3 N–H and O–H groups in total. The fourth-order valence-electron chi connectivity index (χ4n) is 5.28. The summed E-state index contributed by atoms with van der Waals surface area (Å²) in [6, 6.07) is -0.961. The molecule has 7 heteroatoms. The molecule has 0 radical (unpaired) electrons. The zero-order chi connectivity index (χ0) is 29.0. The molecule has 0 aromatic carbocycles. The Labute approximate surface area is 242 Å². The van der Waals surface area contributed by atoms with Gasteiger partial charge in [0.25, 0.3) is 10.1 Å². The molecular weight excluding hydrogens is 510 g/mol. The first-order valence-corrected chi connectivity index (χ1v) is 18.3. The molecule has 234 valence electrons. The minimum Gasteiger partial charge on any atom is -0.391 e. The molecule has 0 aliphatic rings. The summed E-state index contributed by atoms with van der Waals surface area (Å²) in [5.74, 6) is -0.888. The highest BCUT2D eigenvalue weighted by atomic mass is 32.2. The van der Waals surface area contributed by atoms with Gasteiger partial charge in [-0.05, 0) is 12.8 Å². The quantitative estimate of drug-likeness (QED) is 0.0586. The van der Waals surface area contributed by atoms with Gasteiger partial charge in [-0.25, -0.2) is 0 Å². The second-order valence-electron chi connectivity index (χ2n) is 11.8. The van der Waals surface area contributed by atoms with Crippen LogP contribution in [0.15, 0.2) is 0 Å². The number of unbranched alkanes of at least 4 members (excludes halogenated alkanes) is 22. The van der Waals surface area contributed by atoms with Crippen molar-refractivity contribution in [1.82, 2.24) is 5.32 Å². The van der Waals surface area contributed by atoms with Crippen LogP contribution in [-0.4, -0.2) is 41.9 Å². The molecule has 0 bridgehead atoms. The van der Waals surface area contributed by atoms with E-state index in [-0.39, 0.29) is 5.91 Å². The van der Waals surface area contributed by atoms with Crippen molar-refractivity contribution < 1.29 is 22.9 Å². The largest absolute Gasteiger partial charge is 0.391 e. The van der Waals surface area contributed by atoms with Gasteiger partial charge >= 0.3 is 0 Å². The van der Waals surface area contributed by atoms with E-state index in [1.807, 2.05) is 0 Å².